The van der Waals surface area contributed by atoms with Crippen LogP contribution in [0.4, 0.5) is 0 Å². The third-order valence-corrected chi connectivity index (χ3v) is 2.41. The third-order valence-electron chi connectivity index (χ3n) is 2.41. The van der Waals surface area contributed by atoms with Crippen LogP contribution in [0.1, 0.15) is 37.0 Å². The molecule has 0 radical (unpaired) electrons. The molecule has 0 aliphatic heterocycles. The Kier molecular flexibility index (Phi) is 3.97. The number of hydrogen-bond acceptors (Lipinski definition) is 1. The van der Waals surface area contributed by atoms with Gasteiger partial charge in [-0.2, -0.15) is 0 Å². The molecule has 1 nitrogen and oxygen atoms in total. The maximum atomic E-state index is 5.61. The maximum Gasteiger partial charge on any atom is 0.0178 e. The first kappa shape index (κ1) is 10.3. The second kappa shape index (κ2) is 5.03. The van der Waals surface area contributed by atoms with Gasteiger partial charge in [-0.3, -0.25) is 0 Å². The van der Waals surface area contributed by atoms with Gasteiger partial charge in [0.05, 0.1) is 0 Å². The average Bonchev–Trinajstić information content (AvgIpc) is 2.18. The minimum absolute atomic E-state index is 0.653. The Labute approximate surface area is 81.0 Å². The van der Waals surface area contributed by atoms with E-state index in [0.29, 0.717) is 6.54 Å². The fourth-order valence-electron chi connectivity index (χ4n) is 1.65. The monoisotopic (exact) mass is 177 g/mol. The van der Waals surface area contributed by atoms with Crippen LogP contribution >= 0.6 is 0 Å². The molecule has 2 N–H and O–H groups in total. The van der Waals surface area contributed by atoms with Crippen molar-refractivity contribution in [3.05, 3.63) is 34.9 Å². The van der Waals surface area contributed by atoms with Crippen molar-refractivity contribution in [3.8, 4) is 0 Å². The molecule has 72 valence electrons. The number of benzene rings is 1. The summed E-state index contributed by atoms with van der Waals surface area (Å²) in [6, 6.07) is 6.60. The van der Waals surface area contributed by atoms with E-state index in [1.165, 1.54) is 29.5 Å². The van der Waals surface area contributed by atoms with Gasteiger partial charge in [0, 0.05) is 6.54 Å². The van der Waals surface area contributed by atoms with Crippen LogP contribution in [0.25, 0.3) is 0 Å². The van der Waals surface area contributed by atoms with Gasteiger partial charge in [0.2, 0.25) is 0 Å². The molecule has 0 aromatic heterocycles. The minimum atomic E-state index is 0.653. The van der Waals surface area contributed by atoms with Crippen LogP contribution in [0.3, 0.4) is 0 Å². The van der Waals surface area contributed by atoms with Gasteiger partial charge in [-0.15, -0.1) is 0 Å². The van der Waals surface area contributed by atoms with E-state index >= 15 is 0 Å². The lowest BCUT2D eigenvalue weighted by molar-refractivity contribution is 0.892. The molecule has 1 rings (SSSR count). The highest BCUT2D eigenvalue weighted by molar-refractivity contribution is 5.32. The molecule has 0 bridgehead atoms. The Morgan fingerprint density at radius 3 is 2.46 bits per heavy atom. The summed E-state index contributed by atoms with van der Waals surface area (Å²) in [5, 5.41) is 0. The Bertz CT molecular complexity index is 266. The quantitative estimate of drug-likeness (QED) is 0.751. The first-order valence-electron chi connectivity index (χ1n) is 5.12. The highest BCUT2D eigenvalue weighted by Crippen LogP contribution is 2.14. The van der Waals surface area contributed by atoms with Gasteiger partial charge in [0.25, 0.3) is 0 Å². The molecular weight excluding hydrogens is 158 g/mol. The summed E-state index contributed by atoms with van der Waals surface area (Å²) in [5.74, 6) is 0. The van der Waals surface area contributed by atoms with Crippen molar-refractivity contribution in [2.45, 2.75) is 39.7 Å². The normalized spacial score (nSPS) is 10.4. The molecule has 13 heavy (non-hydrogen) atoms. The topological polar surface area (TPSA) is 26.0 Å². The zero-order valence-corrected chi connectivity index (χ0v) is 8.64. The molecule has 0 heterocycles. The molecule has 0 atom stereocenters. The predicted octanol–water partition coefficient (Wildman–Crippen LogP) is 2.66. The summed E-state index contributed by atoms with van der Waals surface area (Å²) >= 11 is 0. The van der Waals surface area contributed by atoms with Crippen molar-refractivity contribution in [2.24, 2.45) is 5.73 Å². The van der Waals surface area contributed by atoms with E-state index in [4.69, 9.17) is 5.73 Å². The van der Waals surface area contributed by atoms with Crippen LogP contribution in [-0.2, 0) is 19.4 Å². The fraction of sp³-hybridized carbons (Fsp3) is 0.500. The predicted molar refractivity (Wildman–Crippen MR) is 57.7 cm³/mol. The van der Waals surface area contributed by atoms with Crippen LogP contribution in [0, 0.1) is 0 Å². The van der Waals surface area contributed by atoms with Gasteiger partial charge < -0.3 is 5.73 Å². The smallest absolute Gasteiger partial charge is 0.0178 e. The Hall–Kier alpha value is -0.820. The van der Waals surface area contributed by atoms with Gasteiger partial charge in [-0.25, -0.2) is 0 Å². The number of nitrogens with two attached hydrogens (primary N) is 1. The van der Waals surface area contributed by atoms with Crippen molar-refractivity contribution in [2.75, 3.05) is 0 Å². The van der Waals surface area contributed by atoms with E-state index in [2.05, 4.69) is 32.0 Å². The summed E-state index contributed by atoms with van der Waals surface area (Å²) in [4.78, 5) is 0. The Balaban J connectivity index is 2.95. The lowest BCUT2D eigenvalue weighted by Crippen LogP contribution is -2.00. The van der Waals surface area contributed by atoms with Crippen LogP contribution in [0.2, 0.25) is 0 Å². The van der Waals surface area contributed by atoms with E-state index < -0.39 is 0 Å². The van der Waals surface area contributed by atoms with Crippen LogP contribution in [0.5, 0.6) is 0 Å². The zero-order chi connectivity index (χ0) is 9.68. The Morgan fingerprint density at radius 1 is 1.15 bits per heavy atom. The van der Waals surface area contributed by atoms with Crippen LogP contribution < -0.4 is 5.73 Å². The lowest BCUT2D eigenvalue weighted by atomic mass is 9.98. The number of aryl methyl sites for hydroxylation is 2. The highest BCUT2D eigenvalue weighted by Gasteiger charge is 2.00. The first-order chi connectivity index (χ1) is 6.31. The summed E-state index contributed by atoms with van der Waals surface area (Å²) in [5.41, 5.74) is 9.81. The van der Waals surface area contributed by atoms with Crippen LogP contribution in [0.15, 0.2) is 18.2 Å². The van der Waals surface area contributed by atoms with E-state index in [-0.39, 0.29) is 0 Å². The second-order valence-corrected chi connectivity index (χ2v) is 3.41. The van der Waals surface area contributed by atoms with Gasteiger partial charge >= 0.3 is 0 Å². The summed E-state index contributed by atoms with van der Waals surface area (Å²) in [6.45, 7) is 5.08. The van der Waals surface area contributed by atoms with Gasteiger partial charge in [-0.1, -0.05) is 38.5 Å². The summed E-state index contributed by atoms with van der Waals surface area (Å²) < 4.78 is 0. The molecule has 0 fully saturated rings. The molecule has 0 aliphatic rings. The van der Waals surface area contributed by atoms with E-state index in [1.54, 1.807) is 0 Å². The molecular formula is C12H19N. The first-order valence-corrected chi connectivity index (χ1v) is 5.12. The van der Waals surface area contributed by atoms with Crippen molar-refractivity contribution in [1.82, 2.24) is 0 Å². The van der Waals surface area contributed by atoms with Gasteiger partial charge in [0.15, 0.2) is 0 Å². The summed E-state index contributed by atoms with van der Waals surface area (Å²) in [6.07, 6.45) is 3.51. The number of rotatable bonds is 4. The molecule has 1 aromatic rings. The standard InChI is InChI=1S/C12H19N/c1-3-5-12-8-10(9-13)6-7-11(12)4-2/h6-8H,3-5,9,13H2,1-2H3. The molecule has 0 aliphatic carbocycles. The highest BCUT2D eigenvalue weighted by atomic mass is 14.5. The zero-order valence-electron chi connectivity index (χ0n) is 8.64. The Morgan fingerprint density at radius 2 is 1.92 bits per heavy atom. The minimum Gasteiger partial charge on any atom is -0.326 e. The van der Waals surface area contributed by atoms with Crippen molar-refractivity contribution >= 4 is 0 Å². The molecule has 1 heteroatoms. The van der Waals surface area contributed by atoms with E-state index in [0.717, 1.165) is 6.42 Å². The largest absolute Gasteiger partial charge is 0.326 e. The summed E-state index contributed by atoms with van der Waals surface area (Å²) in [7, 11) is 0. The van der Waals surface area contributed by atoms with Crippen molar-refractivity contribution in [3.63, 3.8) is 0 Å². The molecule has 0 unspecified atom stereocenters. The molecule has 1 aromatic carbocycles. The van der Waals surface area contributed by atoms with Crippen molar-refractivity contribution < 1.29 is 0 Å². The van der Waals surface area contributed by atoms with Gasteiger partial charge in [-0.05, 0) is 29.5 Å². The second-order valence-electron chi connectivity index (χ2n) is 3.41. The van der Waals surface area contributed by atoms with Crippen molar-refractivity contribution in [1.29, 1.82) is 0 Å². The molecule has 0 spiro atoms. The van der Waals surface area contributed by atoms with E-state index in [1.807, 2.05) is 0 Å². The molecule has 0 saturated heterocycles. The average molecular weight is 177 g/mol. The SMILES string of the molecule is CCCc1cc(CN)ccc1CC. The third kappa shape index (κ3) is 2.56. The lowest BCUT2D eigenvalue weighted by Gasteiger charge is -2.08. The van der Waals surface area contributed by atoms with Gasteiger partial charge in [0.1, 0.15) is 0 Å². The van der Waals surface area contributed by atoms with E-state index in [9.17, 15) is 0 Å². The fourth-order valence-corrected chi connectivity index (χ4v) is 1.65. The molecule has 0 amide bonds. The van der Waals surface area contributed by atoms with Crippen LogP contribution in [-0.4, -0.2) is 0 Å². The number of hydrogen-bond donors (Lipinski definition) is 1. The molecule has 0 saturated carbocycles. The maximum absolute atomic E-state index is 5.61.